The Labute approximate surface area is 110 Å². The van der Waals surface area contributed by atoms with Crippen LogP contribution in [-0.4, -0.2) is 10.7 Å². The molecule has 0 saturated heterocycles. The smallest absolute Gasteiger partial charge is 0.127 e. The lowest BCUT2D eigenvalue weighted by Crippen LogP contribution is -2.41. The second-order valence-electron chi connectivity index (χ2n) is 7.03. The summed E-state index contributed by atoms with van der Waals surface area (Å²) >= 11 is 0. The zero-order valence-corrected chi connectivity index (χ0v) is 12.3. The van der Waals surface area contributed by atoms with Gasteiger partial charge >= 0.3 is 0 Å². The third-order valence-corrected chi connectivity index (χ3v) is 4.07. The molecule has 1 N–H and O–H groups in total. The number of aromatic hydroxyl groups is 1. The van der Waals surface area contributed by atoms with Crippen LogP contribution in [0.15, 0.2) is 12.1 Å². The first kappa shape index (κ1) is 13.3. The number of hydrogen-bond acceptors (Lipinski definition) is 2. The molecular formula is C16H24O2. The molecule has 1 aliphatic heterocycles. The topological polar surface area (TPSA) is 29.5 Å². The fraction of sp³-hybridized carbons (Fsp3) is 0.625. The lowest BCUT2D eigenvalue weighted by atomic mass is 9.76. The Morgan fingerprint density at radius 3 is 2.44 bits per heavy atom. The molecule has 1 unspecified atom stereocenters. The Balaban J connectivity index is 2.59. The molecular weight excluding hydrogens is 224 g/mol. The molecule has 1 atom stereocenters. The first-order valence-corrected chi connectivity index (χ1v) is 6.66. The van der Waals surface area contributed by atoms with Gasteiger partial charge in [-0.15, -0.1) is 0 Å². The third-order valence-electron chi connectivity index (χ3n) is 4.07. The van der Waals surface area contributed by atoms with Gasteiger partial charge in [-0.2, -0.15) is 0 Å². The molecule has 2 rings (SSSR count). The maximum Gasteiger partial charge on any atom is 0.127 e. The number of ether oxygens (including phenoxy) is 1. The van der Waals surface area contributed by atoms with Gasteiger partial charge in [-0.3, -0.25) is 0 Å². The van der Waals surface area contributed by atoms with Crippen molar-refractivity contribution < 1.29 is 9.84 Å². The average molecular weight is 248 g/mol. The van der Waals surface area contributed by atoms with Crippen molar-refractivity contribution in [3.05, 3.63) is 23.3 Å². The molecule has 0 saturated carbocycles. The van der Waals surface area contributed by atoms with Gasteiger partial charge < -0.3 is 9.84 Å². The van der Waals surface area contributed by atoms with Gasteiger partial charge in [0.15, 0.2) is 0 Å². The second-order valence-corrected chi connectivity index (χ2v) is 7.03. The van der Waals surface area contributed by atoms with E-state index in [9.17, 15) is 5.11 Å². The molecule has 0 radical (unpaired) electrons. The van der Waals surface area contributed by atoms with Gasteiger partial charge in [0.2, 0.25) is 0 Å². The summed E-state index contributed by atoms with van der Waals surface area (Å²) in [4.78, 5) is 0. The molecule has 0 aromatic heterocycles. The van der Waals surface area contributed by atoms with E-state index in [1.807, 2.05) is 6.07 Å². The van der Waals surface area contributed by atoms with E-state index in [4.69, 9.17) is 4.74 Å². The Bertz CT molecular complexity index is 467. The molecule has 0 fully saturated rings. The quantitative estimate of drug-likeness (QED) is 0.751. The molecule has 0 bridgehead atoms. The predicted octanol–water partition coefficient (Wildman–Crippen LogP) is 4.04. The van der Waals surface area contributed by atoms with Crippen LogP contribution in [0, 0.1) is 5.92 Å². The molecule has 0 aliphatic carbocycles. The van der Waals surface area contributed by atoms with Crippen LogP contribution < -0.4 is 4.74 Å². The van der Waals surface area contributed by atoms with Crippen molar-refractivity contribution in [3.8, 4) is 11.5 Å². The first-order valence-electron chi connectivity index (χ1n) is 6.66. The van der Waals surface area contributed by atoms with Crippen molar-refractivity contribution in [1.29, 1.82) is 0 Å². The van der Waals surface area contributed by atoms with Gasteiger partial charge in [-0.05, 0) is 48.8 Å². The lowest BCUT2D eigenvalue weighted by Gasteiger charge is -2.40. The molecule has 100 valence electrons. The molecule has 2 nitrogen and oxygen atoms in total. The summed E-state index contributed by atoms with van der Waals surface area (Å²) in [6.07, 6.45) is 1.01. The highest BCUT2D eigenvalue weighted by atomic mass is 16.5. The van der Waals surface area contributed by atoms with E-state index >= 15 is 0 Å². The van der Waals surface area contributed by atoms with E-state index in [-0.39, 0.29) is 11.0 Å². The summed E-state index contributed by atoms with van der Waals surface area (Å²) < 4.78 is 6.09. The van der Waals surface area contributed by atoms with Gasteiger partial charge in [0.1, 0.15) is 17.1 Å². The van der Waals surface area contributed by atoms with E-state index in [2.05, 4.69) is 41.5 Å². The SMILES string of the molecule is CC1Cc2c(cc(O)cc2C(C)(C)C)OC1(C)C. The van der Waals surface area contributed by atoms with Crippen LogP contribution in [-0.2, 0) is 11.8 Å². The number of hydrogen-bond donors (Lipinski definition) is 1. The largest absolute Gasteiger partial charge is 0.508 e. The Hall–Kier alpha value is -1.18. The number of phenols is 1. The van der Waals surface area contributed by atoms with Crippen molar-refractivity contribution in [1.82, 2.24) is 0 Å². The highest BCUT2D eigenvalue weighted by molar-refractivity contribution is 5.50. The standard InChI is InChI=1S/C16H24O2/c1-10-7-12-13(15(2,3)4)8-11(17)9-14(12)18-16(10,5)6/h8-10,17H,7H2,1-6H3. The van der Waals surface area contributed by atoms with Gasteiger partial charge in [0.25, 0.3) is 0 Å². The van der Waals surface area contributed by atoms with E-state index < -0.39 is 0 Å². The second kappa shape index (κ2) is 3.91. The predicted molar refractivity (Wildman–Crippen MR) is 74.4 cm³/mol. The molecule has 1 aromatic rings. The first-order chi connectivity index (χ1) is 8.11. The Morgan fingerprint density at radius 2 is 1.89 bits per heavy atom. The minimum Gasteiger partial charge on any atom is -0.508 e. The van der Waals surface area contributed by atoms with Crippen molar-refractivity contribution in [2.45, 2.75) is 59.0 Å². The lowest BCUT2D eigenvalue weighted by molar-refractivity contribution is 0.0346. The van der Waals surface area contributed by atoms with Gasteiger partial charge in [0.05, 0.1) is 0 Å². The summed E-state index contributed by atoms with van der Waals surface area (Å²) in [6, 6.07) is 3.63. The maximum atomic E-state index is 9.89. The Morgan fingerprint density at radius 1 is 1.28 bits per heavy atom. The van der Waals surface area contributed by atoms with E-state index in [0.717, 1.165) is 12.2 Å². The number of phenolic OH excluding ortho intramolecular Hbond substituents is 1. The molecule has 2 heteroatoms. The van der Waals surface area contributed by atoms with Crippen LogP contribution in [0.2, 0.25) is 0 Å². The summed E-state index contributed by atoms with van der Waals surface area (Å²) in [6.45, 7) is 13.0. The van der Waals surface area contributed by atoms with Crippen LogP contribution in [0.3, 0.4) is 0 Å². The molecule has 0 spiro atoms. The van der Waals surface area contributed by atoms with Crippen molar-refractivity contribution in [3.63, 3.8) is 0 Å². The fourth-order valence-corrected chi connectivity index (χ4v) is 2.54. The van der Waals surface area contributed by atoms with E-state index in [1.54, 1.807) is 6.07 Å². The molecule has 1 aromatic carbocycles. The van der Waals surface area contributed by atoms with Crippen LogP contribution in [0.1, 0.15) is 52.7 Å². The van der Waals surface area contributed by atoms with E-state index in [0.29, 0.717) is 11.7 Å². The number of fused-ring (bicyclic) bond motifs is 1. The molecule has 1 aliphatic rings. The minimum absolute atomic E-state index is 0.0212. The number of benzene rings is 1. The monoisotopic (exact) mass is 248 g/mol. The molecule has 1 heterocycles. The van der Waals surface area contributed by atoms with Crippen LogP contribution in [0.5, 0.6) is 11.5 Å². The third kappa shape index (κ3) is 2.21. The summed E-state index contributed by atoms with van der Waals surface area (Å²) in [7, 11) is 0. The Kier molecular flexibility index (Phi) is 2.88. The molecule has 0 amide bonds. The van der Waals surface area contributed by atoms with Crippen LogP contribution >= 0.6 is 0 Å². The van der Waals surface area contributed by atoms with Crippen molar-refractivity contribution in [2.24, 2.45) is 5.92 Å². The maximum absolute atomic E-state index is 9.89. The van der Waals surface area contributed by atoms with Gasteiger partial charge in [0, 0.05) is 6.07 Å². The van der Waals surface area contributed by atoms with Gasteiger partial charge in [-0.25, -0.2) is 0 Å². The highest BCUT2D eigenvalue weighted by Crippen LogP contribution is 2.43. The summed E-state index contributed by atoms with van der Waals surface area (Å²) in [5.41, 5.74) is 2.30. The van der Waals surface area contributed by atoms with Crippen LogP contribution in [0.25, 0.3) is 0 Å². The minimum atomic E-state index is -0.171. The average Bonchev–Trinajstić information content (AvgIpc) is 2.17. The van der Waals surface area contributed by atoms with Crippen LogP contribution in [0.4, 0.5) is 0 Å². The van der Waals surface area contributed by atoms with Crippen molar-refractivity contribution in [2.75, 3.05) is 0 Å². The zero-order valence-electron chi connectivity index (χ0n) is 12.3. The van der Waals surface area contributed by atoms with E-state index in [1.165, 1.54) is 11.1 Å². The number of rotatable bonds is 0. The summed E-state index contributed by atoms with van der Waals surface area (Å²) in [5, 5.41) is 9.89. The zero-order chi connectivity index (χ0) is 13.7. The normalized spacial score (nSPS) is 22.2. The fourth-order valence-electron chi connectivity index (χ4n) is 2.54. The van der Waals surface area contributed by atoms with Gasteiger partial charge in [-0.1, -0.05) is 27.7 Å². The summed E-state index contributed by atoms with van der Waals surface area (Å²) in [5.74, 6) is 1.61. The van der Waals surface area contributed by atoms with Crippen molar-refractivity contribution >= 4 is 0 Å². The molecule has 18 heavy (non-hydrogen) atoms. The highest BCUT2D eigenvalue weighted by Gasteiger charge is 2.36.